The second-order valence-electron chi connectivity index (χ2n) is 7.47. The monoisotopic (exact) mass is 282 g/mol. The second-order valence-corrected chi connectivity index (χ2v) is 8.55. The van der Waals surface area contributed by atoms with Crippen molar-refractivity contribution >= 4 is 16.9 Å². The summed E-state index contributed by atoms with van der Waals surface area (Å²) in [5, 5.41) is 4.96. The second kappa shape index (κ2) is 6.07. The lowest BCUT2D eigenvalue weighted by molar-refractivity contribution is 0.225. The Labute approximate surface area is 123 Å². The molecule has 4 atom stereocenters. The fourth-order valence-electron chi connectivity index (χ4n) is 3.16. The van der Waals surface area contributed by atoms with Gasteiger partial charge in [0.05, 0.1) is 6.04 Å². The Morgan fingerprint density at radius 2 is 1.89 bits per heavy atom. The summed E-state index contributed by atoms with van der Waals surface area (Å²) in [7, 11) is 0. The van der Waals surface area contributed by atoms with Gasteiger partial charge in [-0.15, -0.1) is 0 Å². The summed E-state index contributed by atoms with van der Waals surface area (Å²) in [6.45, 7) is 11.7. The highest BCUT2D eigenvalue weighted by molar-refractivity contribution is 8.13. The van der Waals surface area contributed by atoms with Gasteiger partial charge in [-0.05, 0) is 30.1 Å². The zero-order chi connectivity index (χ0) is 14.0. The summed E-state index contributed by atoms with van der Waals surface area (Å²) >= 11 is 1.92. The van der Waals surface area contributed by atoms with Gasteiger partial charge in [0.1, 0.15) is 0 Å². The first kappa shape index (κ1) is 15.2. The molecule has 110 valence electrons. The van der Waals surface area contributed by atoms with Crippen LogP contribution in [0.3, 0.4) is 0 Å². The van der Waals surface area contributed by atoms with E-state index >= 15 is 0 Å². The van der Waals surface area contributed by atoms with E-state index in [2.05, 4.69) is 39.9 Å². The summed E-state index contributed by atoms with van der Waals surface area (Å²) in [5.41, 5.74) is 0.291. The van der Waals surface area contributed by atoms with Gasteiger partial charge < -0.3 is 5.32 Å². The largest absolute Gasteiger partial charge is 0.362 e. The van der Waals surface area contributed by atoms with Crippen molar-refractivity contribution in [2.24, 2.45) is 22.2 Å². The van der Waals surface area contributed by atoms with Crippen LogP contribution in [0.2, 0.25) is 0 Å². The van der Waals surface area contributed by atoms with E-state index < -0.39 is 0 Å². The van der Waals surface area contributed by atoms with Crippen molar-refractivity contribution < 1.29 is 0 Å². The maximum atomic E-state index is 4.98. The first-order valence-corrected chi connectivity index (χ1v) is 8.83. The van der Waals surface area contributed by atoms with Gasteiger partial charge in [0.2, 0.25) is 0 Å². The van der Waals surface area contributed by atoms with Gasteiger partial charge in [0.25, 0.3) is 0 Å². The van der Waals surface area contributed by atoms with Crippen molar-refractivity contribution in [2.75, 3.05) is 5.75 Å². The SMILES string of the molecule is CC1CCCC(NC2=NC(C(C)(C)C)CCS2)C1C. The Balaban J connectivity index is 2.00. The van der Waals surface area contributed by atoms with Crippen LogP contribution in [0.1, 0.15) is 60.3 Å². The highest BCUT2D eigenvalue weighted by Crippen LogP contribution is 2.33. The number of amidine groups is 1. The van der Waals surface area contributed by atoms with Crippen LogP contribution in [0.25, 0.3) is 0 Å². The van der Waals surface area contributed by atoms with Crippen molar-refractivity contribution in [3.63, 3.8) is 0 Å². The van der Waals surface area contributed by atoms with E-state index in [0.29, 0.717) is 17.5 Å². The molecule has 1 N–H and O–H groups in total. The summed E-state index contributed by atoms with van der Waals surface area (Å²) < 4.78 is 0. The lowest BCUT2D eigenvalue weighted by Gasteiger charge is -2.37. The quantitative estimate of drug-likeness (QED) is 0.775. The van der Waals surface area contributed by atoms with Crippen molar-refractivity contribution in [1.29, 1.82) is 0 Å². The normalized spacial score (nSPS) is 36.8. The zero-order valence-corrected chi connectivity index (χ0v) is 14.0. The molecule has 1 saturated carbocycles. The molecule has 1 aliphatic heterocycles. The summed E-state index contributed by atoms with van der Waals surface area (Å²) in [6, 6.07) is 1.11. The Morgan fingerprint density at radius 1 is 1.16 bits per heavy atom. The smallest absolute Gasteiger partial charge is 0.157 e. The Morgan fingerprint density at radius 3 is 2.58 bits per heavy atom. The fourth-order valence-corrected chi connectivity index (χ4v) is 4.13. The van der Waals surface area contributed by atoms with Crippen molar-refractivity contribution in [3.05, 3.63) is 0 Å². The van der Waals surface area contributed by atoms with Crippen molar-refractivity contribution in [3.8, 4) is 0 Å². The molecule has 4 unspecified atom stereocenters. The number of rotatable bonds is 1. The van der Waals surface area contributed by atoms with Crippen LogP contribution in [0.4, 0.5) is 0 Å². The zero-order valence-electron chi connectivity index (χ0n) is 13.2. The molecule has 0 saturated heterocycles. The molecular formula is C16H30N2S. The van der Waals surface area contributed by atoms with Crippen LogP contribution in [-0.4, -0.2) is 23.0 Å². The average Bonchev–Trinajstić information content (AvgIpc) is 2.34. The van der Waals surface area contributed by atoms with E-state index in [9.17, 15) is 0 Å². The molecular weight excluding hydrogens is 252 g/mol. The molecule has 1 fully saturated rings. The topological polar surface area (TPSA) is 24.4 Å². The number of nitrogens with zero attached hydrogens (tertiary/aromatic N) is 1. The number of thioether (sulfide) groups is 1. The predicted molar refractivity (Wildman–Crippen MR) is 86.9 cm³/mol. The molecule has 19 heavy (non-hydrogen) atoms. The highest BCUT2D eigenvalue weighted by atomic mass is 32.2. The molecule has 0 spiro atoms. The minimum Gasteiger partial charge on any atom is -0.362 e. The van der Waals surface area contributed by atoms with Gasteiger partial charge in [-0.2, -0.15) is 0 Å². The predicted octanol–water partition coefficient (Wildman–Crippen LogP) is 4.31. The maximum absolute atomic E-state index is 4.98. The van der Waals surface area contributed by atoms with Crippen LogP contribution < -0.4 is 5.32 Å². The standard InChI is InChI=1S/C16H30N2S/c1-11-7-6-8-13(12(11)2)17-15-18-14(9-10-19-15)16(3,4)5/h11-14H,6-10H2,1-5H3,(H,17,18). The third kappa shape index (κ3) is 3.90. The summed E-state index contributed by atoms with van der Waals surface area (Å²) in [6.07, 6.45) is 5.29. The van der Waals surface area contributed by atoms with Gasteiger partial charge in [-0.1, -0.05) is 59.2 Å². The number of aliphatic imine (C=N–C) groups is 1. The van der Waals surface area contributed by atoms with Gasteiger partial charge in [0.15, 0.2) is 5.17 Å². The minimum atomic E-state index is 0.291. The molecule has 0 aromatic carbocycles. The first-order chi connectivity index (χ1) is 8.88. The fraction of sp³-hybridized carbons (Fsp3) is 0.938. The van der Waals surface area contributed by atoms with E-state index in [-0.39, 0.29) is 0 Å². The van der Waals surface area contributed by atoms with E-state index in [0.717, 1.165) is 11.8 Å². The molecule has 3 heteroatoms. The average molecular weight is 282 g/mol. The van der Waals surface area contributed by atoms with Crippen molar-refractivity contribution in [2.45, 2.75) is 72.4 Å². The summed E-state index contributed by atoms with van der Waals surface area (Å²) in [4.78, 5) is 4.98. The summed E-state index contributed by atoms with van der Waals surface area (Å²) in [5.74, 6) is 2.83. The van der Waals surface area contributed by atoms with Crippen LogP contribution >= 0.6 is 11.8 Å². The van der Waals surface area contributed by atoms with Crippen LogP contribution in [0.15, 0.2) is 4.99 Å². The Hall–Kier alpha value is -0.180. The molecule has 2 rings (SSSR count). The van der Waals surface area contributed by atoms with Gasteiger partial charge in [-0.3, -0.25) is 4.99 Å². The maximum Gasteiger partial charge on any atom is 0.157 e. The molecule has 1 heterocycles. The Bertz CT molecular complexity index is 332. The van der Waals surface area contributed by atoms with E-state index in [1.807, 2.05) is 11.8 Å². The van der Waals surface area contributed by atoms with E-state index in [4.69, 9.17) is 4.99 Å². The third-order valence-corrected chi connectivity index (χ3v) is 5.86. The van der Waals surface area contributed by atoms with Crippen molar-refractivity contribution in [1.82, 2.24) is 5.32 Å². The number of hydrogen-bond donors (Lipinski definition) is 1. The first-order valence-electron chi connectivity index (χ1n) is 7.85. The van der Waals surface area contributed by atoms with E-state index in [1.54, 1.807) is 0 Å². The van der Waals surface area contributed by atoms with E-state index in [1.165, 1.54) is 36.6 Å². The molecule has 2 aliphatic rings. The molecule has 0 aromatic heterocycles. The van der Waals surface area contributed by atoms with Gasteiger partial charge in [0, 0.05) is 11.8 Å². The van der Waals surface area contributed by atoms with Crippen LogP contribution in [-0.2, 0) is 0 Å². The number of nitrogens with one attached hydrogen (secondary N) is 1. The third-order valence-electron chi connectivity index (χ3n) is 4.92. The lowest BCUT2D eigenvalue weighted by Crippen LogP contribution is -2.44. The van der Waals surface area contributed by atoms with Gasteiger partial charge >= 0.3 is 0 Å². The van der Waals surface area contributed by atoms with Gasteiger partial charge in [-0.25, -0.2) is 0 Å². The molecule has 0 bridgehead atoms. The molecule has 0 aromatic rings. The van der Waals surface area contributed by atoms with Crippen LogP contribution in [0.5, 0.6) is 0 Å². The lowest BCUT2D eigenvalue weighted by atomic mass is 9.78. The molecule has 0 amide bonds. The molecule has 0 radical (unpaired) electrons. The number of hydrogen-bond acceptors (Lipinski definition) is 3. The molecule has 2 nitrogen and oxygen atoms in total. The minimum absolute atomic E-state index is 0.291. The van der Waals surface area contributed by atoms with Crippen LogP contribution in [0, 0.1) is 17.3 Å². The highest BCUT2D eigenvalue weighted by Gasteiger charge is 2.31. The molecule has 1 aliphatic carbocycles. The Kier molecular flexibility index (Phi) is 4.86.